The quantitative estimate of drug-likeness (QED) is 0.160. The number of hydrogen-bond donors (Lipinski definition) is 0. The molecule has 5 aromatic rings. The number of fused-ring (bicyclic) bond motifs is 2. The van der Waals surface area contributed by atoms with Crippen LogP contribution in [-0.2, 0) is 0 Å². The van der Waals surface area contributed by atoms with Crippen LogP contribution in [0.4, 0.5) is 17.6 Å². The van der Waals surface area contributed by atoms with E-state index >= 15 is 0 Å². The number of rotatable bonds is 2. The van der Waals surface area contributed by atoms with E-state index in [0.717, 1.165) is 21.9 Å². The zero-order valence-corrected chi connectivity index (χ0v) is 15.6. The summed E-state index contributed by atoms with van der Waals surface area (Å²) in [4.78, 5) is 0. The lowest BCUT2D eigenvalue weighted by Gasteiger charge is -2.18. The van der Waals surface area contributed by atoms with Crippen molar-refractivity contribution in [2.75, 3.05) is 0 Å². The average molecular weight is 402 g/mol. The first-order chi connectivity index (χ1) is 14.6. The van der Waals surface area contributed by atoms with Crippen LogP contribution in [0.1, 0.15) is 0 Å². The Morgan fingerprint density at radius 1 is 0.400 bits per heavy atom. The van der Waals surface area contributed by atoms with Crippen molar-refractivity contribution in [1.82, 2.24) is 0 Å². The lowest BCUT2D eigenvalue weighted by molar-refractivity contribution is 0.458. The van der Waals surface area contributed by atoms with Gasteiger partial charge in [-0.1, -0.05) is 78.9 Å². The molecule has 0 atom stereocenters. The Morgan fingerprint density at radius 2 is 0.800 bits per heavy atom. The van der Waals surface area contributed by atoms with E-state index in [1.54, 1.807) is 24.3 Å². The van der Waals surface area contributed by atoms with Gasteiger partial charge < -0.3 is 0 Å². The first kappa shape index (κ1) is 18.4. The van der Waals surface area contributed by atoms with Crippen LogP contribution in [0, 0.1) is 23.3 Å². The maximum Gasteiger partial charge on any atom is 0.169 e. The second kappa shape index (κ2) is 6.99. The summed E-state index contributed by atoms with van der Waals surface area (Å²) in [5.74, 6) is -5.67. The molecule has 146 valence electrons. The SMILES string of the molecule is Fc1cc(F)c(F)c(-c2c3ccccc3c(-c3ccccc3)c3ccccc23)c1F. The van der Waals surface area contributed by atoms with Crippen molar-refractivity contribution in [1.29, 1.82) is 0 Å². The molecule has 0 aliphatic heterocycles. The zero-order valence-electron chi connectivity index (χ0n) is 15.6. The summed E-state index contributed by atoms with van der Waals surface area (Å²) in [7, 11) is 0. The van der Waals surface area contributed by atoms with Gasteiger partial charge in [0.05, 0.1) is 5.56 Å². The van der Waals surface area contributed by atoms with Crippen LogP contribution in [0.3, 0.4) is 0 Å². The fraction of sp³-hybridized carbons (Fsp3) is 0. The van der Waals surface area contributed by atoms with E-state index in [2.05, 4.69) is 0 Å². The Balaban J connectivity index is 2.05. The Bertz CT molecular complexity index is 1340. The summed E-state index contributed by atoms with van der Waals surface area (Å²) in [5.41, 5.74) is 1.26. The molecule has 0 aliphatic carbocycles. The second-order valence-electron chi connectivity index (χ2n) is 7.05. The van der Waals surface area contributed by atoms with Crippen LogP contribution >= 0.6 is 0 Å². The van der Waals surface area contributed by atoms with Gasteiger partial charge in [0.2, 0.25) is 0 Å². The molecule has 0 aromatic heterocycles. The molecule has 0 nitrogen and oxygen atoms in total. The van der Waals surface area contributed by atoms with Gasteiger partial charge >= 0.3 is 0 Å². The summed E-state index contributed by atoms with van der Waals surface area (Å²) in [6.07, 6.45) is 0. The predicted octanol–water partition coefficient (Wildman–Crippen LogP) is 7.88. The Kier molecular flexibility index (Phi) is 4.28. The monoisotopic (exact) mass is 402 g/mol. The number of benzene rings is 5. The largest absolute Gasteiger partial charge is 0.204 e. The molecule has 0 saturated heterocycles. The summed E-state index contributed by atoms with van der Waals surface area (Å²) in [6.45, 7) is 0. The molecular formula is C26H14F4. The van der Waals surface area contributed by atoms with Crippen molar-refractivity contribution >= 4 is 21.5 Å². The van der Waals surface area contributed by atoms with Crippen LogP contribution in [0.25, 0.3) is 43.8 Å². The van der Waals surface area contributed by atoms with Crippen LogP contribution < -0.4 is 0 Å². The molecule has 30 heavy (non-hydrogen) atoms. The normalized spacial score (nSPS) is 11.3. The fourth-order valence-electron chi connectivity index (χ4n) is 4.11. The molecule has 0 bridgehead atoms. The standard InChI is InChI=1S/C26H14F4/c27-20-14-21(28)26(30)24(25(20)29)23-18-12-6-4-10-16(18)22(15-8-2-1-3-9-15)17-11-5-7-13-19(17)23/h1-14H. The molecular weight excluding hydrogens is 388 g/mol. The van der Waals surface area contributed by atoms with E-state index < -0.39 is 28.8 Å². The highest BCUT2D eigenvalue weighted by molar-refractivity contribution is 6.21. The van der Waals surface area contributed by atoms with Gasteiger partial charge in [0, 0.05) is 11.6 Å². The van der Waals surface area contributed by atoms with Crippen LogP contribution in [0.15, 0.2) is 84.9 Å². The van der Waals surface area contributed by atoms with Crippen LogP contribution in [0.5, 0.6) is 0 Å². The van der Waals surface area contributed by atoms with Crippen molar-refractivity contribution in [3.63, 3.8) is 0 Å². The van der Waals surface area contributed by atoms with E-state index in [-0.39, 0.29) is 11.6 Å². The van der Waals surface area contributed by atoms with Crippen molar-refractivity contribution < 1.29 is 17.6 Å². The van der Waals surface area contributed by atoms with Crippen LogP contribution in [0.2, 0.25) is 0 Å². The third kappa shape index (κ3) is 2.68. The molecule has 5 rings (SSSR count). The van der Waals surface area contributed by atoms with Gasteiger partial charge in [-0.3, -0.25) is 0 Å². The van der Waals surface area contributed by atoms with Gasteiger partial charge in [0.1, 0.15) is 0 Å². The predicted molar refractivity (Wildman–Crippen MR) is 112 cm³/mol. The molecule has 0 saturated carbocycles. The average Bonchev–Trinajstić information content (AvgIpc) is 2.78. The van der Waals surface area contributed by atoms with Gasteiger partial charge in [0.25, 0.3) is 0 Å². The molecule has 5 aromatic carbocycles. The van der Waals surface area contributed by atoms with Gasteiger partial charge in [0.15, 0.2) is 23.3 Å². The second-order valence-corrected chi connectivity index (χ2v) is 7.05. The Morgan fingerprint density at radius 3 is 1.27 bits per heavy atom. The maximum atomic E-state index is 14.8. The number of halogens is 4. The topological polar surface area (TPSA) is 0 Å². The minimum atomic E-state index is -1.43. The van der Waals surface area contributed by atoms with Crippen molar-refractivity contribution in [2.45, 2.75) is 0 Å². The van der Waals surface area contributed by atoms with Gasteiger partial charge in [-0.2, -0.15) is 0 Å². The van der Waals surface area contributed by atoms with Crippen molar-refractivity contribution in [3.05, 3.63) is 108 Å². The van der Waals surface area contributed by atoms with E-state index in [4.69, 9.17) is 0 Å². The molecule has 0 heterocycles. The highest BCUT2D eigenvalue weighted by Crippen LogP contribution is 2.45. The van der Waals surface area contributed by atoms with E-state index in [0.29, 0.717) is 10.8 Å². The van der Waals surface area contributed by atoms with Crippen LogP contribution in [-0.4, -0.2) is 0 Å². The number of hydrogen-bond acceptors (Lipinski definition) is 0. The minimum Gasteiger partial charge on any atom is -0.204 e. The molecule has 0 fully saturated rings. The summed E-state index contributed by atoms with van der Waals surface area (Å²) < 4.78 is 57.8. The van der Waals surface area contributed by atoms with E-state index in [9.17, 15) is 17.6 Å². The molecule has 0 N–H and O–H groups in total. The van der Waals surface area contributed by atoms with Gasteiger partial charge in [-0.15, -0.1) is 0 Å². The highest BCUT2D eigenvalue weighted by atomic mass is 19.2. The highest BCUT2D eigenvalue weighted by Gasteiger charge is 2.25. The summed E-state index contributed by atoms with van der Waals surface area (Å²) in [6, 6.07) is 24.1. The third-order valence-corrected chi connectivity index (χ3v) is 5.36. The molecule has 4 heteroatoms. The van der Waals surface area contributed by atoms with Gasteiger partial charge in [-0.25, -0.2) is 17.6 Å². The van der Waals surface area contributed by atoms with Crippen molar-refractivity contribution in [3.8, 4) is 22.3 Å². The molecule has 0 amide bonds. The van der Waals surface area contributed by atoms with E-state index in [1.807, 2.05) is 54.6 Å². The molecule has 0 spiro atoms. The fourth-order valence-corrected chi connectivity index (χ4v) is 4.11. The maximum absolute atomic E-state index is 14.8. The Labute approximate surface area is 170 Å². The molecule has 0 unspecified atom stereocenters. The van der Waals surface area contributed by atoms with Crippen molar-refractivity contribution in [2.24, 2.45) is 0 Å². The molecule has 0 radical (unpaired) electrons. The summed E-state index contributed by atoms with van der Waals surface area (Å²) >= 11 is 0. The van der Waals surface area contributed by atoms with Gasteiger partial charge in [-0.05, 0) is 32.7 Å². The zero-order chi connectivity index (χ0) is 20.8. The molecule has 0 aliphatic rings. The lowest BCUT2D eigenvalue weighted by atomic mass is 9.85. The van der Waals surface area contributed by atoms with E-state index in [1.165, 1.54) is 0 Å². The third-order valence-electron chi connectivity index (χ3n) is 5.36. The lowest BCUT2D eigenvalue weighted by Crippen LogP contribution is -2.00. The first-order valence-electron chi connectivity index (χ1n) is 9.40. The first-order valence-corrected chi connectivity index (χ1v) is 9.40. The Hall–Kier alpha value is -3.66. The minimum absolute atomic E-state index is 0.134. The smallest absolute Gasteiger partial charge is 0.169 e. The summed E-state index contributed by atoms with van der Waals surface area (Å²) in [5, 5.41) is 2.50.